The second-order valence-electron chi connectivity index (χ2n) is 8.22. The Morgan fingerprint density at radius 2 is 1.71 bits per heavy atom. The maximum atomic E-state index is 13.2. The summed E-state index contributed by atoms with van der Waals surface area (Å²) in [5.74, 6) is 0. The van der Waals surface area contributed by atoms with Gasteiger partial charge in [0.1, 0.15) is 5.58 Å². The van der Waals surface area contributed by atoms with Crippen LogP contribution in [0, 0.1) is 13.8 Å². The summed E-state index contributed by atoms with van der Waals surface area (Å²) in [5, 5.41) is 0.933. The van der Waals surface area contributed by atoms with E-state index >= 15 is 0 Å². The minimum absolute atomic E-state index is 0.355. The lowest BCUT2D eigenvalue weighted by Crippen LogP contribution is -2.48. The van der Waals surface area contributed by atoms with E-state index in [9.17, 15) is 13.2 Å². The number of fused-ring (bicyclic) bond motifs is 1. The zero-order chi connectivity index (χ0) is 22.2. The number of piperazine rings is 1. The topological polar surface area (TPSA) is 70.8 Å². The summed E-state index contributed by atoms with van der Waals surface area (Å²) in [5.41, 5.74) is 3.99. The molecule has 31 heavy (non-hydrogen) atoms. The summed E-state index contributed by atoms with van der Waals surface area (Å²) >= 11 is 0. The maximum absolute atomic E-state index is 13.2. The van der Waals surface area contributed by atoms with Gasteiger partial charge in [-0.25, -0.2) is 13.2 Å². The Bertz CT molecular complexity index is 1270. The average molecular weight is 441 g/mol. The van der Waals surface area contributed by atoms with Crippen molar-refractivity contribution in [3.63, 3.8) is 0 Å². The molecule has 0 aliphatic carbocycles. The van der Waals surface area contributed by atoms with E-state index in [0.717, 1.165) is 34.1 Å². The quantitative estimate of drug-likeness (QED) is 0.568. The van der Waals surface area contributed by atoms with Gasteiger partial charge in [-0.3, -0.25) is 4.90 Å². The fourth-order valence-electron chi connectivity index (χ4n) is 4.12. The Morgan fingerprint density at radius 1 is 0.968 bits per heavy atom. The lowest BCUT2D eigenvalue weighted by molar-refractivity contribution is 0.182. The van der Waals surface area contributed by atoms with Crippen LogP contribution >= 0.6 is 0 Å². The standard InChI is InChI=1S/C24H28N2O4S/c1-4-19-7-8-21-20(15-24(27)30-22(21)14-19)16-25-9-11-26(12-10-25)31(28,29)23-13-17(2)5-6-18(23)3/h5-8,13-15H,4,9-12,16H2,1-3H3. The molecule has 2 heterocycles. The van der Waals surface area contributed by atoms with Gasteiger partial charge in [0, 0.05) is 44.2 Å². The van der Waals surface area contributed by atoms with Gasteiger partial charge >= 0.3 is 5.63 Å². The van der Waals surface area contributed by atoms with Crippen LogP contribution in [0.4, 0.5) is 0 Å². The van der Waals surface area contributed by atoms with Crippen molar-refractivity contribution < 1.29 is 12.8 Å². The third-order valence-corrected chi connectivity index (χ3v) is 8.03. The smallest absolute Gasteiger partial charge is 0.336 e. The second-order valence-corrected chi connectivity index (χ2v) is 10.1. The molecule has 0 amide bonds. The van der Waals surface area contributed by atoms with E-state index in [1.807, 2.05) is 38.1 Å². The Morgan fingerprint density at radius 3 is 2.42 bits per heavy atom. The fourth-order valence-corrected chi connectivity index (χ4v) is 5.85. The van der Waals surface area contributed by atoms with Crippen molar-refractivity contribution in [2.75, 3.05) is 26.2 Å². The minimum atomic E-state index is -3.52. The number of sulfonamides is 1. The van der Waals surface area contributed by atoms with Gasteiger partial charge in [0.15, 0.2) is 0 Å². The molecule has 164 valence electrons. The van der Waals surface area contributed by atoms with Crippen molar-refractivity contribution in [2.24, 2.45) is 0 Å². The van der Waals surface area contributed by atoms with Gasteiger partial charge in [0.05, 0.1) is 4.90 Å². The third-order valence-electron chi connectivity index (χ3n) is 5.99. The molecule has 0 atom stereocenters. The first kappa shape index (κ1) is 21.7. The number of benzene rings is 2. The normalized spacial score (nSPS) is 16.1. The highest BCUT2D eigenvalue weighted by atomic mass is 32.2. The summed E-state index contributed by atoms with van der Waals surface area (Å²) in [4.78, 5) is 14.7. The molecule has 3 aromatic rings. The lowest BCUT2D eigenvalue weighted by Gasteiger charge is -2.34. The summed E-state index contributed by atoms with van der Waals surface area (Å²) in [6.45, 7) is 8.46. The summed E-state index contributed by atoms with van der Waals surface area (Å²) in [6.07, 6.45) is 0.876. The molecule has 0 bridgehead atoms. The Hall–Kier alpha value is -2.48. The summed E-state index contributed by atoms with van der Waals surface area (Å²) in [6, 6.07) is 13.1. The van der Waals surface area contributed by atoms with E-state index in [1.54, 1.807) is 16.4 Å². The van der Waals surface area contributed by atoms with Gasteiger partial charge < -0.3 is 4.42 Å². The van der Waals surface area contributed by atoms with E-state index in [-0.39, 0.29) is 5.63 Å². The molecule has 0 radical (unpaired) electrons. The average Bonchev–Trinajstić information content (AvgIpc) is 2.75. The second kappa shape index (κ2) is 8.57. The van der Waals surface area contributed by atoms with E-state index in [1.165, 1.54) is 0 Å². The number of hydrogen-bond donors (Lipinski definition) is 0. The lowest BCUT2D eigenvalue weighted by atomic mass is 10.1. The van der Waals surface area contributed by atoms with E-state index in [0.29, 0.717) is 43.2 Å². The molecule has 1 aliphatic heterocycles. The summed E-state index contributed by atoms with van der Waals surface area (Å²) < 4.78 is 33.3. The molecule has 0 spiro atoms. The van der Waals surface area contributed by atoms with Crippen LogP contribution in [0.15, 0.2) is 56.6 Å². The van der Waals surface area contributed by atoms with Crippen LogP contribution in [0.3, 0.4) is 0 Å². The zero-order valence-corrected chi connectivity index (χ0v) is 19.0. The van der Waals surface area contributed by atoms with Crippen molar-refractivity contribution in [2.45, 2.75) is 38.6 Å². The predicted octanol–water partition coefficient (Wildman–Crippen LogP) is 3.48. The number of hydrogen-bond acceptors (Lipinski definition) is 5. The molecular weight excluding hydrogens is 412 g/mol. The molecule has 0 N–H and O–H groups in total. The Kier molecular flexibility index (Phi) is 6.01. The van der Waals surface area contributed by atoms with E-state index in [2.05, 4.69) is 17.9 Å². The largest absolute Gasteiger partial charge is 0.423 e. The zero-order valence-electron chi connectivity index (χ0n) is 18.2. The molecule has 2 aromatic carbocycles. The van der Waals surface area contributed by atoms with Crippen LogP contribution in [-0.2, 0) is 23.0 Å². The van der Waals surface area contributed by atoms with Gasteiger partial charge in [-0.1, -0.05) is 31.2 Å². The highest BCUT2D eigenvalue weighted by Gasteiger charge is 2.29. The molecular formula is C24H28N2O4S. The molecule has 0 unspecified atom stereocenters. The number of rotatable bonds is 5. The first-order chi connectivity index (χ1) is 14.8. The Labute approximate surface area is 183 Å². The van der Waals surface area contributed by atoms with Gasteiger partial charge in [0.25, 0.3) is 0 Å². The van der Waals surface area contributed by atoms with Gasteiger partial charge in [-0.2, -0.15) is 4.31 Å². The molecule has 1 saturated heterocycles. The molecule has 6 nitrogen and oxygen atoms in total. The monoisotopic (exact) mass is 440 g/mol. The van der Waals surface area contributed by atoms with Crippen molar-refractivity contribution in [1.82, 2.24) is 9.21 Å². The number of nitrogens with zero attached hydrogens (tertiary/aromatic N) is 2. The van der Waals surface area contributed by atoms with Crippen LogP contribution in [-0.4, -0.2) is 43.8 Å². The van der Waals surface area contributed by atoms with Crippen LogP contribution in [0.5, 0.6) is 0 Å². The molecule has 0 saturated carbocycles. The summed E-state index contributed by atoms with van der Waals surface area (Å²) in [7, 11) is -3.52. The van der Waals surface area contributed by atoms with E-state index in [4.69, 9.17) is 4.42 Å². The van der Waals surface area contributed by atoms with Crippen molar-refractivity contribution in [1.29, 1.82) is 0 Å². The van der Waals surface area contributed by atoms with Crippen molar-refractivity contribution >= 4 is 21.0 Å². The van der Waals surface area contributed by atoms with Crippen LogP contribution in [0.2, 0.25) is 0 Å². The SMILES string of the molecule is CCc1ccc2c(CN3CCN(S(=O)(=O)c4cc(C)ccc4C)CC3)cc(=O)oc2c1. The third kappa shape index (κ3) is 4.44. The fraction of sp³-hybridized carbons (Fsp3) is 0.375. The Balaban J connectivity index is 1.51. The van der Waals surface area contributed by atoms with Crippen molar-refractivity contribution in [3.05, 3.63) is 75.1 Å². The van der Waals surface area contributed by atoms with Crippen LogP contribution in [0.25, 0.3) is 11.0 Å². The molecule has 4 rings (SSSR count). The van der Waals surface area contributed by atoms with Gasteiger partial charge in [0.2, 0.25) is 10.0 Å². The number of aryl methyl sites for hydroxylation is 3. The minimum Gasteiger partial charge on any atom is -0.423 e. The van der Waals surface area contributed by atoms with Crippen molar-refractivity contribution in [3.8, 4) is 0 Å². The first-order valence-electron chi connectivity index (χ1n) is 10.6. The predicted molar refractivity (Wildman–Crippen MR) is 122 cm³/mol. The molecule has 1 aromatic heterocycles. The van der Waals surface area contributed by atoms with Crippen LogP contribution < -0.4 is 5.63 Å². The van der Waals surface area contributed by atoms with Gasteiger partial charge in [-0.15, -0.1) is 0 Å². The molecule has 7 heteroatoms. The highest BCUT2D eigenvalue weighted by molar-refractivity contribution is 7.89. The van der Waals surface area contributed by atoms with Gasteiger partial charge in [-0.05, 0) is 54.7 Å². The highest BCUT2D eigenvalue weighted by Crippen LogP contribution is 2.24. The molecule has 1 fully saturated rings. The molecule has 1 aliphatic rings. The maximum Gasteiger partial charge on any atom is 0.336 e. The first-order valence-corrected chi connectivity index (χ1v) is 12.1. The van der Waals surface area contributed by atoms with E-state index < -0.39 is 10.0 Å². The van der Waals surface area contributed by atoms with Crippen LogP contribution in [0.1, 0.15) is 29.2 Å².